The second-order valence-electron chi connectivity index (χ2n) is 6.37. The number of anilines is 1. The SMILES string of the molecule is CC(Nc1ccc(F)c(Br)c1)c1ccc(C(C)(C)C)cc1. The largest absolute Gasteiger partial charge is 0.378 e. The first-order valence-electron chi connectivity index (χ1n) is 7.09. The van der Waals surface area contributed by atoms with Crippen molar-refractivity contribution in [2.24, 2.45) is 0 Å². The zero-order valence-corrected chi connectivity index (χ0v) is 14.5. The van der Waals surface area contributed by atoms with Gasteiger partial charge in [-0.3, -0.25) is 0 Å². The minimum atomic E-state index is -0.247. The van der Waals surface area contributed by atoms with Crippen molar-refractivity contribution in [1.82, 2.24) is 0 Å². The quantitative estimate of drug-likeness (QED) is 0.710. The Morgan fingerprint density at radius 3 is 2.19 bits per heavy atom. The van der Waals surface area contributed by atoms with E-state index in [1.807, 2.05) is 0 Å². The molecule has 0 amide bonds. The van der Waals surface area contributed by atoms with Crippen molar-refractivity contribution in [3.05, 3.63) is 63.9 Å². The summed E-state index contributed by atoms with van der Waals surface area (Å²) < 4.78 is 13.7. The molecule has 0 saturated carbocycles. The van der Waals surface area contributed by atoms with Crippen LogP contribution in [0.25, 0.3) is 0 Å². The Morgan fingerprint density at radius 2 is 1.67 bits per heavy atom. The Hall–Kier alpha value is -1.35. The molecule has 0 fully saturated rings. The number of rotatable bonds is 3. The Bertz CT molecular complexity index is 614. The summed E-state index contributed by atoms with van der Waals surface area (Å²) in [6.45, 7) is 8.72. The predicted molar refractivity (Wildman–Crippen MR) is 91.3 cm³/mol. The summed E-state index contributed by atoms with van der Waals surface area (Å²) >= 11 is 3.21. The van der Waals surface area contributed by atoms with Gasteiger partial charge in [-0.2, -0.15) is 0 Å². The van der Waals surface area contributed by atoms with E-state index in [2.05, 4.69) is 73.2 Å². The molecule has 0 aliphatic carbocycles. The van der Waals surface area contributed by atoms with E-state index in [0.717, 1.165) is 5.69 Å². The van der Waals surface area contributed by atoms with Crippen LogP contribution in [0.15, 0.2) is 46.9 Å². The first-order chi connectivity index (χ1) is 9.77. The number of hydrogen-bond acceptors (Lipinski definition) is 1. The van der Waals surface area contributed by atoms with Gasteiger partial charge in [0.1, 0.15) is 5.82 Å². The van der Waals surface area contributed by atoms with E-state index in [1.54, 1.807) is 12.1 Å². The van der Waals surface area contributed by atoms with Crippen molar-refractivity contribution in [3.63, 3.8) is 0 Å². The van der Waals surface area contributed by atoms with Crippen LogP contribution in [0.1, 0.15) is 44.9 Å². The van der Waals surface area contributed by atoms with Crippen LogP contribution in [0.5, 0.6) is 0 Å². The molecule has 2 aromatic carbocycles. The maximum atomic E-state index is 13.2. The number of halogens is 2. The van der Waals surface area contributed by atoms with Crippen molar-refractivity contribution >= 4 is 21.6 Å². The van der Waals surface area contributed by atoms with Gasteiger partial charge in [0, 0.05) is 11.7 Å². The summed E-state index contributed by atoms with van der Waals surface area (Å²) in [5.74, 6) is -0.247. The third-order valence-electron chi connectivity index (χ3n) is 3.58. The van der Waals surface area contributed by atoms with Crippen LogP contribution in [-0.4, -0.2) is 0 Å². The van der Waals surface area contributed by atoms with Crippen LogP contribution < -0.4 is 5.32 Å². The molecule has 0 bridgehead atoms. The summed E-state index contributed by atoms with van der Waals surface area (Å²) in [7, 11) is 0. The van der Waals surface area contributed by atoms with E-state index in [0.29, 0.717) is 4.47 Å². The molecule has 0 heterocycles. The molecule has 1 unspecified atom stereocenters. The standard InChI is InChI=1S/C18H21BrFN/c1-12(21-15-9-10-17(20)16(19)11-15)13-5-7-14(8-6-13)18(2,3)4/h5-12,21H,1-4H3. The zero-order chi connectivity index (χ0) is 15.6. The summed E-state index contributed by atoms with van der Waals surface area (Å²) in [6, 6.07) is 13.8. The van der Waals surface area contributed by atoms with Gasteiger partial charge >= 0.3 is 0 Å². The average Bonchev–Trinajstić information content (AvgIpc) is 2.42. The number of hydrogen-bond donors (Lipinski definition) is 1. The molecule has 1 atom stereocenters. The molecule has 0 spiro atoms. The Kier molecular flexibility index (Phi) is 4.72. The highest BCUT2D eigenvalue weighted by Crippen LogP contribution is 2.26. The predicted octanol–water partition coefficient (Wildman–Crippen LogP) is 6.06. The molecule has 112 valence electrons. The van der Waals surface area contributed by atoms with Crippen molar-refractivity contribution in [2.45, 2.75) is 39.2 Å². The molecule has 0 saturated heterocycles. The Labute approximate surface area is 134 Å². The van der Waals surface area contributed by atoms with E-state index >= 15 is 0 Å². The summed E-state index contributed by atoms with van der Waals surface area (Å²) in [4.78, 5) is 0. The van der Waals surface area contributed by atoms with Crippen LogP contribution in [0.2, 0.25) is 0 Å². The van der Waals surface area contributed by atoms with E-state index < -0.39 is 0 Å². The van der Waals surface area contributed by atoms with E-state index in [1.165, 1.54) is 17.2 Å². The third kappa shape index (κ3) is 4.07. The second-order valence-corrected chi connectivity index (χ2v) is 7.22. The molecular weight excluding hydrogens is 329 g/mol. The summed E-state index contributed by atoms with van der Waals surface area (Å²) in [5, 5.41) is 3.39. The number of nitrogens with one attached hydrogen (secondary N) is 1. The lowest BCUT2D eigenvalue weighted by molar-refractivity contribution is 0.589. The van der Waals surface area contributed by atoms with Crippen LogP contribution in [-0.2, 0) is 5.41 Å². The Morgan fingerprint density at radius 1 is 1.05 bits per heavy atom. The fraction of sp³-hybridized carbons (Fsp3) is 0.333. The van der Waals surface area contributed by atoms with Gasteiger partial charge in [0.2, 0.25) is 0 Å². The van der Waals surface area contributed by atoms with Crippen molar-refractivity contribution < 1.29 is 4.39 Å². The van der Waals surface area contributed by atoms with Gasteiger partial charge < -0.3 is 5.32 Å². The third-order valence-corrected chi connectivity index (χ3v) is 4.19. The van der Waals surface area contributed by atoms with Gasteiger partial charge in [0.05, 0.1) is 4.47 Å². The van der Waals surface area contributed by atoms with Gasteiger partial charge in [-0.1, -0.05) is 45.0 Å². The number of benzene rings is 2. The molecule has 0 radical (unpaired) electrons. The van der Waals surface area contributed by atoms with Gasteiger partial charge in [-0.25, -0.2) is 4.39 Å². The second kappa shape index (κ2) is 6.18. The first-order valence-corrected chi connectivity index (χ1v) is 7.89. The monoisotopic (exact) mass is 349 g/mol. The lowest BCUT2D eigenvalue weighted by Crippen LogP contribution is -2.12. The Balaban J connectivity index is 2.13. The summed E-state index contributed by atoms with van der Waals surface area (Å²) in [6.07, 6.45) is 0. The molecule has 0 aliphatic heterocycles. The maximum absolute atomic E-state index is 13.2. The molecule has 0 aromatic heterocycles. The maximum Gasteiger partial charge on any atom is 0.137 e. The lowest BCUT2D eigenvalue weighted by atomic mass is 9.86. The minimum absolute atomic E-state index is 0.163. The lowest BCUT2D eigenvalue weighted by Gasteiger charge is -2.21. The molecule has 1 N–H and O–H groups in total. The normalized spacial score (nSPS) is 13.0. The van der Waals surface area contributed by atoms with Crippen LogP contribution in [0.3, 0.4) is 0 Å². The van der Waals surface area contributed by atoms with Gasteiger partial charge in [-0.15, -0.1) is 0 Å². The molecule has 2 rings (SSSR count). The fourth-order valence-corrected chi connectivity index (χ4v) is 2.57. The summed E-state index contributed by atoms with van der Waals surface area (Å²) in [5.41, 5.74) is 3.60. The van der Waals surface area contributed by atoms with Crippen LogP contribution in [0.4, 0.5) is 10.1 Å². The highest BCUT2D eigenvalue weighted by molar-refractivity contribution is 9.10. The molecule has 0 aliphatic rings. The van der Waals surface area contributed by atoms with Crippen LogP contribution in [0, 0.1) is 5.82 Å². The smallest absolute Gasteiger partial charge is 0.137 e. The van der Waals surface area contributed by atoms with Gasteiger partial charge in [0.15, 0.2) is 0 Å². The first kappa shape index (κ1) is 16.0. The van der Waals surface area contributed by atoms with Crippen LogP contribution >= 0.6 is 15.9 Å². The fourth-order valence-electron chi connectivity index (χ4n) is 2.19. The topological polar surface area (TPSA) is 12.0 Å². The van der Waals surface area contributed by atoms with Crippen molar-refractivity contribution in [3.8, 4) is 0 Å². The van der Waals surface area contributed by atoms with Gasteiger partial charge in [-0.05, 0) is 57.6 Å². The van der Waals surface area contributed by atoms with E-state index in [4.69, 9.17) is 0 Å². The average molecular weight is 350 g/mol. The molecule has 2 aromatic rings. The van der Waals surface area contributed by atoms with Gasteiger partial charge in [0.25, 0.3) is 0 Å². The van der Waals surface area contributed by atoms with Crippen molar-refractivity contribution in [1.29, 1.82) is 0 Å². The van der Waals surface area contributed by atoms with Crippen molar-refractivity contribution in [2.75, 3.05) is 5.32 Å². The minimum Gasteiger partial charge on any atom is -0.378 e. The van der Waals surface area contributed by atoms with E-state index in [9.17, 15) is 4.39 Å². The molecule has 3 heteroatoms. The zero-order valence-electron chi connectivity index (χ0n) is 12.9. The highest BCUT2D eigenvalue weighted by Gasteiger charge is 2.14. The molecule has 21 heavy (non-hydrogen) atoms. The highest BCUT2D eigenvalue weighted by atomic mass is 79.9. The molecule has 1 nitrogen and oxygen atoms in total. The van der Waals surface area contributed by atoms with E-state index in [-0.39, 0.29) is 17.3 Å². The molecular formula is C18H21BrFN.